The third kappa shape index (κ3) is 4.09. The van der Waals surface area contributed by atoms with Gasteiger partial charge in [0, 0.05) is 24.6 Å². The molecule has 1 aromatic rings. The van der Waals surface area contributed by atoms with Gasteiger partial charge in [0.1, 0.15) is 17.5 Å². The van der Waals surface area contributed by atoms with Crippen molar-refractivity contribution >= 4 is 11.6 Å². The van der Waals surface area contributed by atoms with Crippen LogP contribution in [0.15, 0.2) is 6.07 Å². The molecule has 0 aromatic carbocycles. The maximum Gasteiger partial charge on any atom is 0.132 e. The Balaban J connectivity index is 2.12. The van der Waals surface area contributed by atoms with Gasteiger partial charge in [-0.3, -0.25) is 0 Å². The van der Waals surface area contributed by atoms with Gasteiger partial charge in [0.15, 0.2) is 0 Å². The molecule has 4 nitrogen and oxygen atoms in total. The van der Waals surface area contributed by atoms with E-state index in [2.05, 4.69) is 47.4 Å². The lowest BCUT2D eigenvalue weighted by atomic mass is 9.83. The second kappa shape index (κ2) is 6.91. The van der Waals surface area contributed by atoms with Crippen LogP contribution in [0.25, 0.3) is 0 Å². The molecule has 1 aliphatic rings. The summed E-state index contributed by atoms with van der Waals surface area (Å²) in [6, 6.07) is 2.05. The fourth-order valence-electron chi connectivity index (χ4n) is 2.83. The van der Waals surface area contributed by atoms with E-state index in [9.17, 15) is 0 Å². The van der Waals surface area contributed by atoms with E-state index in [1.54, 1.807) is 0 Å². The van der Waals surface area contributed by atoms with Gasteiger partial charge in [-0.1, -0.05) is 33.1 Å². The molecule has 1 fully saturated rings. The van der Waals surface area contributed by atoms with Crippen molar-refractivity contribution in [1.29, 1.82) is 0 Å². The van der Waals surface area contributed by atoms with Gasteiger partial charge >= 0.3 is 0 Å². The van der Waals surface area contributed by atoms with Crippen LogP contribution in [0.1, 0.15) is 65.1 Å². The van der Waals surface area contributed by atoms with Crippen molar-refractivity contribution in [2.75, 3.05) is 17.2 Å². The zero-order chi connectivity index (χ0) is 14.4. The maximum absolute atomic E-state index is 4.64. The standard InChI is InChI=1S/C16H28N4/c1-4-11-17-14-12-15(19-13(5-2)18-14)20-16(3)9-7-6-8-10-16/h12H,4-11H2,1-3H3,(H2,17,18,19,20). The molecule has 1 saturated carbocycles. The van der Waals surface area contributed by atoms with Crippen molar-refractivity contribution in [2.24, 2.45) is 0 Å². The SMILES string of the molecule is CCCNc1cc(NC2(C)CCCCC2)nc(CC)n1. The van der Waals surface area contributed by atoms with Crippen molar-refractivity contribution < 1.29 is 0 Å². The summed E-state index contributed by atoms with van der Waals surface area (Å²) in [5.41, 5.74) is 0.194. The highest BCUT2D eigenvalue weighted by Gasteiger charge is 2.27. The zero-order valence-corrected chi connectivity index (χ0v) is 13.1. The molecule has 0 bridgehead atoms. The second-order valence-electron chi connectivity index (χ2n) is 6.08. The van der Waals surface area contributed by atoms with Gasteiger partial charge in [0.05, 0.1) is 0 Å². The van der Waals surface area contributed by atoms with Gasteiger partial charge in [0.2, 0.25) is 0 Å². The number of anilines is 2. The van der Waals surface area contributed by atoms with Gasteiger partial charge in [-0.05, 0) is 26.2 Å². The van der Waals surface area contributed by atoms with Crippen molar-refractivity contribution in [2.45, 2.75) is 71.3 Å². The lowest BCUT2D eigenvalue weighted by Gasteiger charge is -2.35. The molecule has 20 heavy (non-hydrogen) atoms. The molecule has 0 aliphatic heterocycles. The number of nitrogens with one attached hydrogen (secondary N) is 2. The molecule has 1 aromatic heterocycles. The second-order valence-corrected chi connectivity index (χ2v) is 6.08. The molecule has 0 saturated heterocycles. The summed E-state index contributed by atoms with van der Waals surface area (Å²) >= 11 is 0. The number of hydrogen-bond acceptors (Lipinski definition) is 4. The van der Waals surface area contributed by atoms with Crippen molar-refractivity contribution in [3.05, 3.63) is 11.9 Å². The first kappa shape index (κ1) is 15.1. The Hall–Kier alpha value is -1.32. The summed E-state index contributed by atoms with van der Waals surface area (Å²) in [4.78, 5) is 9.18. The average Bonchev–Trinajstić information content (AvgIpc) is 2.45. The third-order valence-electron chi connectivity index (χ3n) is 4.03. The molecule has 2 N–H and O–H groups in total. The fraction of sp³-hybridized carbons (Fsp3) is 0.750. The van der Waals surface area contributed by atoms with E-state index in [4.69, 9.17) is 0 Å². The van der Waals surface area contributed by atoms with Crippen LogP contribution < -0.4 is 10.6 Å². The van der Waals surface area contributed by atoms with E-state index in [-0.39, 0.29) is 5.54 Å². The molecular weight excluding hydrogens is 248 g/mol. The Morgan fingerprint density at radius 1 is 1.10 bits per heavy atom. The summed E-state index contributed by atoms with van der Waals surface area (Å²) in [7, 11) is 0. The monoisotopic (exact) mass is 276 g/mol. The third-order valence-corrected chi connectivity index (χ3v) is 4.03. The van der Waals surface area contributed by atoms with E-state index >= 15 is 0 Å². The summed E-state index contributed by atoms with van der Waals surface area (Å²) in [6.07, 6.45) is 8.43. The van der Waals surface area contributed by atoms with Crippen LogP contribution in [0.4, 0.5) is 11.6 Å². The molecule has 0 amide bonds. The van der Waals surface area contributed by atoms with Gasteiger partial charge in [-0.2, -0.15) is 0 Å². The lowest BCUT2D eigenvalue weighted by Crippen LogP contribution is -2.37. The van der Waals surface area contributed by atoms with Gasteiger partial charge < -0.3 is 10.6 Å². The van der Waals surface area contributed by atoms with Gasteiger partial charge in [-0.25, -0.2) is 9.97 Å². The number of nitrogens with zero attached hydrogens (tertiary/aromatic N) is 2. The summed E-state index contributed by atoms with van der Waals surface area (Å²) in [5.74, 6) is 2.83. The number of aryl methyl sites for hydroxylation is 1. The van der Waals surface area contributed by atoms with Gasteiger partial charge in [0.25, 0.3) is 0 Å². The predicted octanol–water partition coefficient (Wildman–Crippen LogP) is 4.00. The number of hydrogen-bond donors (Lipinski definition) is 2. The topological polar surface area (TPSA) is 49.8 Å². The molecule has 0 spiro atoms. The highest BCUT2D eigenvalue weighted by molar-refractivity contribution is 5.49. The Kier molecular flexibility index (Phi) is 5.21. The van der Waals surface area contributed by atoms with E-state index in [0.29, 0.717) is 0 Å². The van der Waals surface area contributed by atoms with Crippen LogP contribution >= 0.6 is 0 Å². The Morgan fingerprint density at radius 2 is 1.80 bits per heavy atom. The molecule has 0 unspecified atom stereocenters. The Morgan fingerprint density at radius 3 is 2.45 bits per heavy atom. The van der Waals surface area contributed by atoms with Crippen molar-refractivity contribution in [1.82, 2.24) is 9.97 Å². The minimum Gasteiger partial charge on any atom is -0.370 e. The van der Waals surface area contributed by atoms with Crippen LogP contribution in [0, 0.1) is 0 Å². The smallest absolute Gasteiger partial charge is 0.132 e. The molecule has 112 valence electrons. The van der Waals surface area contributed by atoms with E-state index in [1.807, 2.05) is 0 Å². The van der Waals surface area contributed by atoms with Crippen LogP contribution in [-0.4, -0.2) is 22.1 Å². The van der Waals surface area contributed by atoms with E-state index in [1.165, 1.54) is 32.1 Å². The fourth-order valence-corrected chi connectivity index (χ4v) is 2.83. The minimum absolute atomic E-state index is 0.194. The normalized spacial score (nSPS) is 17.8. The average molecular weight is 276 g/mol. The molecule has 0 radical (unpaired) electrons. The highest BCUT2D eigenvalue weighted by atomic mass is 15.1. The minimum atomic E-state index is 0.194. The summed E-state index contributed by atoms with van der Waals surface area (Å²) in [6.45, 7) is 7.54. The first-order chi connectivity index (χ1) is 9.65. The number of aromatic nitrogens is 2. The summed E-state index contributed by atoms with van der Waals surface area (Å²) in [5, 5.41) is 7.03. The highest BCUT2D eigenvalue weighted by Crippen LogP contribution is 2.31. The maximum atomic E-state index is 4.64. The van der Waals surface area contributed by atoms with Crippen LogP contribution in [0.3, 0.4) is 0 Å². The quantitative estimate of drug-likeness (QED) is 0.824. The van der Waals surface area contributed by atoms with E-state index in [0.717, 1.165) is 36.8 Å². The lowest BCUT2D eigenvalue weighted by molar-refractivity contribution is 0.348. The molecule has 4 heteroatoms. The molecule has 1 heterocycles. The molecule has 1 aliphatic carbocycles. The van der Waals surface area contributed by atoms with Crippen LogP contribution in [0.5, 0.6) is 0 Å². The van der Waals surface area contributed by atoms with Crippen LogP contribution in [0.2, 0.25) is 0 Å². The predicted molar refractivity (Wildman–Crippen MR) is 85.3 cm³/mol. The first-order valence-corrected chi connectivity index (χ1v) is 8.05. The Labute approximate surface area is 122 Å². The van der Waals surface area contributed by atoms with Gasteiger partial charge in [-0.15, -0.1) is 0 Å². The van der Waals surface area contributed by atoms with Crippen molar-refractivity contribution in [3.63, 3.8) is 0 Å². The zero-order valence-electron chi connectivity index (χ0n) is 13.1. The molecular formula is C16H28N4. The van der Waals surface area contributed by atoms with Crippen LogP contribution in [-0.2, 0) is 6.42 Å². The largest absolute Gasteiger partial charge is 0.370 e. The summed E-state index contributed by atoms with van der Waals surface area (Å²) < 4.78 is 0. The van der Waals surface area contributed by atoms with Crippen molar-refractivity contribution in [3.8, 4) is 0 Å². The van der Waals surface area contributed by atoms with E-state index < -0.39 is 0 Å². The molecule has 0 atom stereocenters. The number of rotatable bonds is 6. The first-order valence-electron chi connectivity index (χ1n) is 8.05. The Bertz CT molecular complexity index is 424. The molecule has 2 rings (SSSR count).